The van der Waals surface area contributed by atoms with Crippen molar-refractivity contribution in [2.45, 2.75) is 31.8 Å². The summed E-state index contributed by atoms with van der Waals surface area (Å²) in [6.07, 6.45) is 8.17. The molecule has 2 heterocycles. The molecule has 0 radical (unpaired) electrons. The van der Waals surface area contributed by atoms with E-state index in [1.165, 1.54) is 0 Å². The van der Waals surface area contributed by atoms with Crippen molar-refractivity contribution in [2.24, 2.45) is 0 Å². The number of esters is 1. The quantitative estimate of drug-likeness (QED) is 0.269. The molecule has 0 saturated heterocycles. The van der Waals surface area contributed by atoms with E-state index >= 15 is 0 Å². The summed E-state index contributed by atoms with van der Waals surface area (Å²) in [4.78, 5) is 0. The Kier molecular flexibility index (Phi) is 4.04. The third kappa shape index (κ3) is 3.10. The van der Waals surface area contributed by atoms with Crippen LogP contribution in [0.5, 0.6) is 0 Å². The maximum absolute atomic E-state index is 5.55. The Morgan fingerprint density at radius 3 is 3.19 bits per heavy atom. The molecule has 0 fully saturated rings. The third-order valence-electron chi connectivity index (χ3n) is 2.31. The number of thiol groups is 1. The molecule has 2 aliphatic rings. The molecule has 88 valence electrons. The summed E-state index contributed by atoms with van der Waals surface area (Å²) in [6.45, 7) is 2.40. The van der Waals surface area contributed by atoms with E-state index in [2.05, 4.69) is 17.1 Å². The SMILES string of the molecule is C[C@@H]1CC=C[C@@H]([O+]=C2C=C[C@@H](COS)O2)O1. The van der Waals surface area contributed by atoms with Crippen molar-refractivity contribution >= 4 is 18.9 Å². The van der Waals surface area contributed by atoms with Gasteiger partial charge in [-0.15, -0.1) is 0 Å². The lowest BCUT2D eigenvalue weighted by molar-refractivity contribution is -0.557. The maximum Gasteiger partial charge on any atom is 0.515 e. The van der Waals surface area contributed by atoms with Crippen molar-refractivity contribution in [3.05, 3.63) is 24.3 Å². The summed E-state index contributed by atoms with van der Waals surface area (Å²) in [6, 6.07) is 0. The Hall–Kier alpha value is -0.780. The second-order valence-corrected chi connectivity index (χ2v) is 3.99. The Bertz CT molecular complexity index is 324. The predicted molar refractivity (Wildman–Crippen MR) is 62.1 cm³/mol. The third-order valence-corrected chi connectivity index (χ3v) is 2.46. The minimum absolute atomic E-state index is 0.127. The highest BCUT2D eigenvalue weighted by molar-refractivity contribution is 7.75. The average molecular weight is 243 g/mol. The zero-order chi connectivity index (χ0) is 11.4. The van der Waals surface area contributed by atoms with Gasteiger partial charge in [0.2, 0.25) is 6.10 Å². The van der Waals surface area contributed by atoms with E-state index < -0.39 is 0 Å². The standard InChI is InChI=1S/C11H14O4S/c1-8-3-2-4-10(13-8)15-11-6-5-9(14-11)7-12-16/h2,4-6,8-10H,3,7H2,1H3/p+1/t8-,9+,10-/m1/s1. The number of ether oxygens (including phenoxy) is 2. The van der Waals surface area contributed by atoms with Gasteiger partial charge in [0.25, 0.3) is 0 Å². The van der Waals surface area contributed by atoms with Gasteiger partial charge in [-0.05, 0) is 32.3 Å². The summed E-state index contributed by atoms with van der Waals surface area (Å²) in [5.41, 5.74) is 0. The first kappa shape index (κ1) is 11.7. The molecule has 0 amide bonds. The van der Waals surface area contributed by atoms with Gasteiger partial charge in [0.05, 0.1) is 12.2 Å². The highest BCUT2D eigenvalue weighted by atomic mass is 32.1. The first-order valence-corrected chi connectivity index (χ1v) is 5.61. The van der Waals surface area contributed by atoms with Crippen molar-refractivity contribution in [3.63, 3.8) is 0 Å². The van der Waals surface area contributed by atoms with Crippen molar-refractivity contribution in [1.29, 1.82) is 0 Å². The van der Waals surface area contributed by atoms with Crippen LogP contribution in [0.1, 0.15) is 13.3 Å². The zero-order valence-corrected chi connectivity index (χ0v) is 9.93. The van der Waals surface area contributed by atoms with E-state index in [-0.39, 0.29) is 18.5 Å². The van der Waals surface area contributed by atoms with Gasteiger partial charge in [-0.25, -0.2) is 0 Å². The first-order chi connectivity index (χ1) is 7.78. The Labute approximate surface area is 100 Å². The summed E-state index contributed by atoms with van der Waals surface area (Å²) in [5, 5.41) is 0. The lowest BCUT2D eigenvalue weighted by atomic mass is 10.2. The molecule has 2 rings (SSSR count). The molecule has 0 aromatic heterocycles. The Morgan fingerprint density at radius 2 is 2.44 bits per heavy atom. The fourth-order valence-electron chi connectivity index (χ4n) is 1.54. The summed E-state index contributed by atoms with van der Waals surface area (Å²) in [5.74, 6) is 0.458. The predicted octanol–water partition coefficient (Wildman–Crippen LogP) is 1.56. The lowest BCUT2D eigenvalue weighted by Gasteiger charge is -2.15. The van der Waals surface area contributed by atoms with Crippen LogP contribution in [-0.2, 0) is 18.1 Å². The van der Waals surface area contributed by atoms with Gasteiger partial charge >= 0.3 is 12.3 Å². The lowest BCUT2D eigenvalue weighted by Crippen LogP contribution is -2.24. The highest BCUT2D eigenvalue weighted by Gasteiger charge is 2.29. The van der Waals surface area contributed by atoms with Crippen LogP contribution in [0.2, 0.25) is 0 Å². The van der Waals surface area contributed by atoms with Crippen molar-refractivity contribution in [1.82, 2.24) is 0 Å². The molecule has 0 bridgehead atoms. The van der Waals surface area contributed by atoms with E-state index in [0.717, 1.165) is 6.42 Å². The molecule has 0 N–H and O–H groups in total. The van der Waals surface area contributed by atoms with Gasteiger partial charge < -0.3 is 13.7 Å². The minimum Gasteiger partial charge on any atom is -0.314 e. The molecule has 16 heavy (non-hydrogen) atoms. The van der Waals surface area contributed by atoms with Gasteiger partial charge in [-0.3, -0.25) is 4.42 Å². The number of carbonyl (C=O) groups excluding carboxylic acids is 1. The summed E-state index contributed by atoms with van der Waals surface area (Å²) in [7, 11) is 0. The topological polar surface area (TPSA) is 39.0 Å². The molecule has 0 aliphatic carbocycles. The second-order valence-electron chi connectivity index (χ2n) is 3.73. The van der Waals surface area contributed by atoms with Crippen molar-refractivity contribution in [2.75, 3.05) is 6.61 Å². The molecule has 3 atom stereocenters. The summed E-state index contributed by atoms with van der Waals surface area (Å²) >= 11 is 3.67. The van der Waals surface area contributed by atoms with E-state index in [1.807, 2.05) is 25.2 Å². The van der Waals surface area contributed by atoms with Gasteiger partial charge in [0, 0.05) is 6.08 Å². The Balaban J connectivity index is 1.91. The largest absolute Gasteiger partial charge is 0.515 e. The van der Waals surface area contributed by atoms with E-state index in [9.17, 15) is 0 Å². The number of rotatable bonds is 3. The van der Waals surface area contributed by atoms with Crippen LogP contribution < -0.4 is 0 Å². The molecular formula is C11H15O4S+. The molecule has 0 aromatic rings. The van der Waals surface area contributed by atoms with E-state index in [4.69, 9.17) is 13.9 Å². The second kappa shape index (κ2) is 5.52. The van der Waals surface area contributed by atoms with Crippen LogP contribution >= 0.6 is 12.9 Å². The summed E-state index contributed by atoms with van der Waals surface area (Å²) < 4.78 is 21.2. The average Bonchev–Trinajstić information content (AvgIpc) is 2.66. The molecule has 0 aromatic carbocycles. The normalized spacial score (nSPS) is 35.6. The molecule has 5 heteroatoms. The van der Waals surface area contributed by atoms with Gasteiger partial charge in [-0.2, -0.15) is 0 Å². The van der Waals surface area contributed by atoms with Gasteiger partial charge in [0.15, 0.2) is 0 Å². The van der Waals surface area contributed by atoms with Gasteiger partial charge in [0.1, 0.15) is 6.61 Å². The van der Waals surface area contributed by atoms with Crippen LogP contribution in [0, 0.1) is 0 Å². The van der Waals surface area contributed by atoms with Crippen LogP contribution in [0.15, 0.2) is 24.3 Å². The van der Waals surface area contributed by atoms with Crippen LogP contribution in [-0.4, -0.2) is 31.1 Å². The fraction of sp³-hybridized carbons (Fsp3) is 0.545. The molecule has 0 unspecified atom stereocenters. The smallest absolute Gasteiger partial charge is 0.314 e. The van der Waals surface area contributed by atoms with Crippen LogP contribution in [0.25, 0.3) is 0 Å². The molecular weight excluding hydrogens is 228 g/mol. The van der Waals surface area contributed by atoms with E-state index in [0.29, 0.717) is 12.6 Å². The number of hydrogen-bond acceptors (Lipinski definition) is 4. The van der Waals surface area contributed by atoms with Gasteiger partial charge in [-0.1, -0.05) is 6.08 Å². The van der Waals surface area contributed by atoms with Crippen molar-refractivity contribution in [3.8, 4) is 0 Å². The molecule has 4 nitrogen and oxygen atoms in total. The molecule has 0 spiro atoms. The monoisotopic (exact) mass is 243 g/mol. The first-order valence-electron chi connectivity index (χ1n) is 5.25. The molecule has 0 saturated carbocycles. The maximum atomic E-state index is 5.55. The van der Waals surface area contributed by atoms with Crippen LogP contribution in [0.3, 0.4) is 0 Å². The molecule has 2 aliphatic heterocycles. The number of cyclic esters (lactones) is 1. The highest BCUT2D eigenvalue weighted by Crippen LogP contribution is 2.13. The van der Waals surface area contributed by atoms with Crippen molar-refractivity contribution < 1.29 is 18.1 Å². The fourth-order valence-corrected chi connectivity index (χ4v) is 1.68. The van der Waals surface area contributed by atoms with E-state index in [1.54, 1.807) is 6.08 Å². The zero-order valence-electron chi connectivity index (χ0n) is 9.04. The minimum atomic E-state index is -0.362. The number of hydrogen-bond donors (Lipinski definition) is 1. The van der Waals surface area contributed by atoms with Crippen LogP contribution in [0.4, 0.5) is 0 Å². The Morgan fingerprint density at radius 1 is 1.56 bits per heavy atom.